The maximum atomic E-state index is 15.4. The first kappa shape index (κ1) is 24.2. The van der Waals surface area contributed by atoms with Gasteiger partial charge in [-0.2, -0.15) is 0 Å². The highest BCUT2D eigenvalue weighted by Gasteiger charge is 2.48. The second-order valence-corrected chi connectivity index (χ2v) is 10.3. The third kappa shape index (κ3) is 5.41. The van der Waals surface area contributed by atoms with E-state index in [0.29, 0.717) is 9.21 Å². The van der Waals surface area contributed by atoms with Crippen LogP contribution in [0, 0.1) is 23.6 Å². The molecule has 3 fully saturated rings. The normalized spacial score (nSPS) is 23.8. The van der Waals surface area contributed by atoms with E-state index in [1.54, 1.807) is 19.1 Å². The molecule has 2 heterocycles. The molecule has 5 rings (SSSR count). The molecule has 2 atom stereocenters. The summed E-state index contributed by atoms with van der Waals surface area (Å²) >= 11 is 10.5. The summed E-state index contributed by atoms with van der Waals surface area (Å²) in [6.45, 7) is 1.27. The van der Waals surface area contributed by atoms with E-state index >= 15 is 4.39 Å². The number of fused-ring (bicyclic) bond motifs is 3. The lowest BCUT2D eigenvalue weighted by molar-refractivity contribution is -0.164. The lowest BCUT2D eigenvalue weighted by Gasteiger charge is -2.47. The van der Waals surface area contributed by atoms with Gasteiger partial charge in [-0.25, -0.2) is 19.2 Å². The molecule has 0 aliphatic heterocycles. The number of aromatic nitrogens is 2. The highest BCUT2D eigenvalue weighted by atomic mass is 79.9. The summed E-state index contributed by atoms with van der Waals surface area (Å²) in [6.07, 6.45) is 2.71. The molecule has 0 amide bonds. The Morgan fingerprint density at radius 1 is 1.18 bits per heavy atom. The number of nitrogens with zero attached hydrogens (tertiary/aromatic N) is 2. The van der Waals surface area contributed by atoms with Crippen LogP contribution in [-0.4, -0.2) is 41.5 Å². The van der Waals surface area contributed by atoms with E-state index in [2.05, 4.69) is 36.0 Å². The average Bonchev–Trinajstić information content (AvgIpc) is 3.23. The quantitative estimate of drug-likeness (QED) is 0.263. The fourth-order valence-electron chi connectivity index (χ4n) is 4.67. The van der Waals surface area contributed by atoms with Crippen molar-refractivity contribution in [2.45, 2.75) is 38.6 Å². The molecule has 3 aliphatic carbocycles. The van der Waals surface area contributed by atoms with E-state index < -0.39 is 30.7 Å². The van der Waals surface area contributed by atoms with E-state index in [1.807, 2.05) is 0 Å². The maximum Gasteiger partial charge on any atom is 0.511 e. The summed E-state index contributed by atoms with van der Waals surface area (Å²) < 4.78 is 30.8. The number of ether oxygens (including phenoxy) is 3. The SMILES string of the molecule is CCOC(=O)OCOC(=O)[C@H]1C2CCC(CC2)[C@@H]1Nc1nc(Br)nc(-c2ccc(Cl)s2)c1F. The molecule has 0 aromatic carbocycles. The Balaban J connectivity index is 1.54. The molecule has 12 heteroatoms. The molecule has 2 aromatic rings. The summed E-state index contributed by atoms with van der Waals surface area (Å²) in [4.78, 5) is 33.2. The number of carbonyl (C=O) groups excluding carboxylic acids is 2. The third-order valence-corrected chi connectivity index (χ3v) is 7.66. The van der Waals surface area contributed by atoms with Gasteiger partial charge in [0.25, 0.3) is 0 Å². The van der Waals surface area contributed by atoms with Gasteiger partial charge in [0.1, 0.15) is 5.69 Å². The molecule has 178 valence electrons. The summed E-state index contributed by atoms with van der Waals surface area (Å²) in [6, 6.07) is 3.00. The number of hydrogen-bond donors (Lipinski definition) is 1. The molecule has 3 aliphatic rings. The summed E-state index contributed by atoms with van der Waals surface area (Å²) in [7, 11) is 0. The number of thiophene rings is 1. The lowest BCUT2D eigenvalue weighted by atomic mass is 9.61. The predicted molar refractivity (Wildman–Crippen MR) is 123 cm³/mol. The molecular weight excluding hydrogens is 541 g/mol. The van der Waals surface area contributed by atoms with E-state index in [1.165, 1.54) is 11.3 Å². The van der Waals surface area contributed by atoms with E-state index in [-0.39, 0.29) is 40.7 Å². The van der Waals surface area contributed by atoms with Crippen LogP contribution in [0.4, 0.5) is 15.0 Å². The van der Waals surface area contributed by atoms with E-state index in [4.69, 9.17) is 21.1 Å². The van der Waals surface area contributed by atoms with Gasteiger partial charge in [-0.3, -0.25) is 4.79 Å². The first-order chi connectivity index (χ1) is 15.9. The monoisotopic (exact) mass is 561 g/mol. The molecule has 0 radical (unpaired) electrons. The number of carbonyl (C=O) groups is 2. The molecule has 1 N–H and O–H groups in total. The smallest absolute Gasteiger partial charge is 0.435 e. The molecule has 3 saturated carbocycles. The van der Waals surface area contributed by atoms with Crippen molar-refractivity contribution < 1.29 is 28.2 Å². The molecule has 8 nitrogen and oxygen atoms in total. The van der Waals surface area contributed by atoms with Gasteiger partial charge in [-0.15, -0.1) is 11.3 Å². The van der Waals surface area contributed by atoms with Crippen molar-refractivity contribution in [3.63, 3.8) is 0 Å². The van der Waals surface area contributed by atoms with Crippen LogP contribution in [0.25, 0.3) is 10.6 Å². The molecule has 2 bridgehead atoms. The van der Waals surface area contributed by atoms with Crippen LogP contribution in [0.1, 0.15) is 32.6 Å². The zero-order valence-corrected chi connectivity index (χ0v) is 20.8. The van der Waals surface area contributed by atoms with Crippen molar-refractivity contribution in [1.82, 2.24) is 9.97 Å². The zero-order chi connectivity index (χ0) is 23.5. The van der Waals surface area contributed by atoms with Crippen LogP contribution >= 0.6 is 38.9 Å². The van der Waals surface area contributed by atoms with Crippen molar-refractivity contribution in [3.05, 3.63) is 27.0 Å². The van der Waals surface area contributed by atoms with Crippen LogP contribution in [0.5, 0.6) is 0 Å². The number of halogens is 3. The summed E-state index contributed by atoms with van der Waals surface area (Å²) in [5, 5.41) is 3.17. The second kappa shape index (κ2) is 10.5. The Morgan fingerprint density at radius 2 is 1.91 bits per heavy atom. The Morgan fingerprint density at radius 3 is 2.58 bits per heavy atom. The van der Waals surface area contributed by atoms with Crippen molar-refractivity contribution in [1.29, 1.82) is 0 Å². The van der Waals surface area contributed by atoms with Gasteiger partial charge < -0.3 is 19.5 Å². The van der Waals surface area contributed by atoms with Gasteiger partial charge >= 0.3 is 12.1 Å². The number of nitrogens with one attached hydrogen (secondary N) is 1. The van der Waals surface area contributed by atoms with Crippen LogP contribution in [0.15, 0.2) is 16.9 Å². The molecular formula is C21H22BrClFN3O5S. The largest absolute Gasteiger partial charge is 0.511 e. The van der Waals surface area contributed by atoms with Crippen LogP contribution in [0.3, 0.4) is 0 Å². The van der Waals surface area contributed by atoms with Gasteiger partial charge in [-0.05, 0) is 72.5 Å². The minimum Gasteiger partial charge on any atom is -0.435 e. The molecule has 0 saturated heterocycles. The first-order valence-electron chi connectivity index (χ1n) is 10.6. The highest BCUT2D eigenvalue weighted by molar-refractivity contribution is 9.10. The highest BCUT2D eigenvalue weighted by Crippen LogP contribution is 2.47. The van der Waals surface area contributed by atoms with Crippen LogP contribution < -0.4 is 5.32 Å². The number of rotatable bonds is 7. The van der Waals surface area contributed by atoms with Crippen LogP contribution in [0.2, 0.25) is 4.34 Å². The Kier molecular flexibility index (Phi) is 7.70. The van der Waals surface area contributed by atoms with Crippen molar-refractivity contribution in [2.75, 3.05) is 18.7 Å². The molecule has 0 spiro atoms. The lowest BCUT2D eigenvalue weighted by Crippen LogP contribution is -2.52. The fraction of sp³-hybridized carbons (Fsp3) is 0.524. The van der Waals surface area contributed by atoms with E-state index in [9.17, 15) is 9.59 Å². The summed E-state index contributed by atoms with van der Waals surface area (Å²) in [5.74, 6) is -1.37. The van der Waals surface area contributed by atoms with Crippen LogP contribution in [-0.2, 0) is 19.0 Å². The minimum absolute atomic E-state index is 0.00882. The minimum atomic E-state index is -0.903. The molecule has 33 heavy (non-hydrogen) atoms. The summed E-state index contributed by atoms with van der Waals surface area (Å²) in [5.41, 5.74) is 0.124. The van der Waals surface area contributed by atoms with Gasteiger partial charge in [0.15, 0.2) is 16.4 Å². The number of hydrogen-bond acceptors (Lipinski definition) is 9. The number of anilines is 1. The van der Waals surface area contributed by atoms with Gasteiger partial charge in [0.05, 0.1) is 21.7 Å². The van der Waals surface area contributed by atoms with Crippen molar-refractivity contribution in [3.8, 4) is 10.6 Å². The topological polar surface area (TPSA) is 99.6 Å². The predicted octanol–water partition coefficient (Wildman–Crippen LogP) is 5.65. The van der Waals surface area contributed by atoms with Crippen molar-refractivity contribution >= 4 is 56.8 Å². The Bertz CT molecular complexity index is 1030. The third-order valence-electron chi connectivity index (χ3n) is 6.07. The zero-order valence-electron chi connectivity index (χ0n) is 17.7. The first-order valence-corrected chi connectivity index (χ1v) is 12.6. The molecule has 0 unspecified atom stereocenters. The van der Waals surface area contributed by atoms with Gasteiger partial charge in [0.2, 0.25) is 6.79 Å². The standard InChI is InChI=1S/C21H22BrClFN3O5S/c1-2-30-21(29)32-9-31-19(28)14-10-3-5-11(6-4-10)16(14)25-18-15(24)17(26-20(22)27-18)12-7-8-13(23)33-12/h7-8,10-11,14,16H,2-6,9H2,1H3,(H,25,26,27)/t10?,11?,14-,16-/m0/s1. The van der Waals surface area contributed by atoms with E-state index in [0.717, 1.165) is 25.7 Å². The Labute approximate surface area is 207 Å². The van der Waals surface area contributed by atoms with Gasteiger partial charge in [-0.1, -0.05) is 11.6 Å². The fourth-order valence-corrected chi connectivity index (χ4v) is 6.05. The maximum absolute atomic E-state index is 15.4. The second-order valence-electron chi connectivity index (χ2n) is 7.89. The molecule has 2 aromatic heterocycles. The van der Waals surface area contributed by atoms with Crippen molar-refractivity contribution in [2.24, 2.45) is 17.8 Å². The van der Waals surface area contributed by atoms with Gasteiger partial charge in [0, 0.05) is 6.04 Å². The number of esters is 1. The Hall–Kier alpha value is -1.98. The average molecular weight is 563 g/mol.